The minimum Gasteiger partial charge on any atom is -0.492 e. The molecule has 7 nitrogen and oxygen atoms in total. The van der Waals surface area contributed by atoms with Gasteiger partial charge in [-0.15, -0.1) is 0 Å². The molecule has 2 aromatic carbocycles. The van der Waals surface area contributed by atoms with Crippen molar-refractivity contribution in [2.24, 2.45) is 4.99 Å². The molecule has 0 aliphatic carbocycles. The molecule has 33 heavy (non-hydrogen) atoms. The van der Waals surface area contributed by atoms with Crippen LogP contribution < -0.4 is 10.1 Å². The number of amides is 1. The molecular weight excluding hydrogens is 442 g/mol. The Hall–Kier alpha value is -3.06. The van der Waals surface area contributed by atoms with Crippen LogP contribution >= 0.6 is 11.6 Å². The number of esters is 1. The summed E-state index contributed by atoms with van der Waals surface area (Å²) >= 11 is 6.70. The lowest BCUT2D eigenvalue weighted by Crippen LogP contribution is -2.38. The maximum atomic E-state index is 12.6. The molecule has 2 aliphatic heterocycles. The molecule has 1 N–H and O–H groups in total. The maximum Gasteiger partial charge on any atom is 0.302 e. The van der Waals surface area contributed by atoms with Gasteiger partial charge in [0, 0.05) is 18.9 Å². The van der Waals surface area contributed by atoms with Crippen molar-refractivity contribution in [3.8, 4) is 5.75 Å². The molecular formula is C25H28ClN3O4. The Kier molecular flexibility index (Phi) is 7.50. The average molecular weight is 470 g/mol. The zero-order valence-corrected chi connectivity index (χ0v) is 19.4. The number of aliphatic imine (C=N–C) groups is 1. The highest BCUT2D eigenvalue weighted by Crippen LogP contribution is 2.39. The van der Waals surface area contributed by atoms with E-state index in [-0.39, 0.29) is 17.9 Å². The molecule has 0 spiro atoms. The largest absolute Gasteiger partial charge is 0.492 e. The number of hydrogen-bond acceptors (Lipinski definition) is 6. The van der Waals surface area contributed by atoms with E-state index in [9.17, 15) is 9.59 Å². The Morgan fingerprint density at radius 1 is 1.12 bits per heavy atom. The van der Waals surface area contributed by atoms with Gasteiger partial charge in [-0.05, 0) is 43.4 Å². The summed E-state index contributed by atoms with van der Waals surface area (Å²) in [6.45, 7) is 2.94. The maximum absolute atomic E-state index is 12.6. The van der Waals surface area contributed by atoms with Gasteiger partial charge in [-0.2, -0.15) is 0 Å². The van der Waals surface area contributed by atoms with Crippen LogP contribution in [0.3, 0.4) is 0 Å². The Labute approximate surface area is 198 Å². The number of nitrogens with zero attached hydrogens (tertiary/aromatic N) is 2. The van der Waals surface area contributed by atoms with Gasteiger partial charge >= 0.3 is 5.97 Å². The van der Waals surface area contributed by atoms with Gasteiger partial charge < -0.3 is 14.4 Å². The minimum absolute atomic E-state index is 0.0493. The Balaban J connectivity index is 1.35. The summed E-state index contributed by atoms with van der Waals surface area (Å²) < 4.78 is 10.9. The van der Waals surface area contributed by atoms with Crippen LogP contribution in [0.2, 0.25) is 5.02 Å². The number of halogens is 1. The lowest BCUT2D eigenvalue weighted by atomic mass is 10.0. The van der Waals surface area contributed by atoms with Gasteiger partial charge in [-0.25, -0.2) is 4.99 Å². The van der Waals surface area contributed by atoms with Crippen molar-refractivity contribution in [1.82, 2.24) is 10.2 Å². The van der Waals surface area contributed by atoms with Gasteiger partial charge in [-0.3, -0.25) is 14.9 Å². The first-order valence-corrected chi connectivity index (χ1v) is 11.7. The molecule has 1 atom stereocenters. The molecule has 0 radical (unpaired) electrons. The highest BCUT2D eigenvalue weighted by Gasteiger charge is 2.39. The molecule has 4 rings (SSSR count). The number of benzene rings is 2. The highest BCUT2D eigenvalue weighted by molar-refractivity contribution is 6.33. The second kappa shape index (κ2) is 10.7. The van der Waals surface area contributed by atoms with E-state index in [2.05, 4.69) is 10.3 Å². The lowest BCUT2D eigenvalue weighted by Gasteiger charge is -2.29. The molecule has 1 fully saturated rings. The average Bonchev–Trinajstić information content (AvgIpc) is 3.10. The molecule has 2 aromatic rings. The first kappa shape index (κ1) is 23.1. The van der Waals surface area contributed by atoms with E-state index >= 15 is 0 Å². The van der Waals surface area contributed by atoms with Gasteiger partial charge in [0.25, 0.3) is 0 Å². The number of nitrogens with one attached hydrogen (secondary N) is 1. The lowest BCUT2D eigenvalue weighted by molar-refractivity contribution is -0.141. The third kappa shape index (κ3) is 5.66. The number of guanidine groups is 1. The number of unbranched alkanes of at least 4 members (excludes halogenated alkanes) is 3. The Morgan fingerprint density at radius 2 is 1.88 bits per heavy atom. The van der Waals surface area contributed by atoms with Gasteiger partial charge in [0.2, 0.25) is 11.9 Å². The fourth-order valence-electron chi connectivity index (χ4n) is 4.07. The van der Waals surface area contributed by atoms with Crippen LogP contribution in [0, 0.1) is 0 Å². The topological polar surface area (TPSA) is 80.2 Å². The van der Waals surface area contributed by atoms with E-state index in [0.29, 0.717) is 42.9 Å². The molecule has 1 unspecified atom stereocenters. The number of carbonyl (C=O) groups is 2. The fraction of sp³-hybridized carbons (Fsp3) is 0.400. The predicted molar refractivity (Wildman–Crippen MR) is 127 cm³/mol. The van der Waals surface area contributed by atoms with Crippen LogP contribution in [0.25, 0.3) is 0 Å². The van der Waals surface area contributed by atoms with E-state index in [1.165, 1.54) is 6.92 Å². The molecule has 8 heteroatoms. The van der Waals surface area contributed by atoms with Crippen molar-refractivity contribution in [2.45, 2.75) is 51.6 Å². The van der Waals surface area contributed by atoms with E-state index in [1.54, 1.807) is 0 Å². The van der Waals surface area contributed by atoms with E-state index in [4.69, 9.17) is 21.1 Å². The van der Waals surface area contributed by atoms with Crippen LogP contribution in [0.5, 0.6) is 5.75 Å². The molecule has 0 aromatic heterocycles. The molecule has 2 aliphatic rings. The Morgan fingerprint density at radius 3 is 2.64 bits per heavy atom. The Bertz CT molecular complexity index is 1040. The number of hydrogen-bond donors (Lipinski definition) is 1. The SMILES string of the molecule is CC(=O)OCCCCCCOc1ccc2c(c1Cl)CN1C(=N2)NC(=O)C1Cc1ccccc1. The standard InChI is InChI=1S/C25H28ClN3O4/c1-17(30)32-13-7-2-3-8-14-33-22-12-11-20-19(23(22)26)16-29-21(24(31)28-25(29)27-20)15-18-9-5-4-6-10-18/h4-6,9-12,21H,2-3,7-8,13-16H2,1H3,(H,27,28,31). The van der Waals surface area contributed by atoms with Crippen molar-refractivity contribution < 1.29 is 19.1 Å². The zero-order chi connectivity index (χ0) is 23.2. The number of fused-ring (bicyclic) bond motifs is 2. The van der Waals surface area contributed by atoms with Gasteiger partial charge in [-0.1, -0.05) is 41.9 Å². The molecule has 174 valence electrons. The summed E-state index contributed by atoms with van der Waals surface area (Å²) in [6, 6.07) is 13.4. The summed E-state index contributed by atoms with van der Waals surface area (Å²) in [5, 5.41) is 3.45. The smallest absolute Gasteiger partial charge is 0.302 e. The summed E-state index contributed by atoms with van der Waals surface area (Å²) in [4.78, 5) is 30.0. The number of carbonyl (C=O) groups excluding carboxylic acids is 2. The third-order valence-electron chi connectivity index (χ3n) is 5.80. The van der Waals surface area contributed by atoms with Crippen molar-refractivity contribution in [1.29, 1.82) is 0 Å². The summed E-state index contributed by atoms with van der Waals surface area (Å²) in [5.41, 5.74) is 2.72. The highest BCUT2D eigenvalue weighted by atomic mass is 35.5. The van der Waals surface area contributed by atoms with Gasteiger partial charge in [0.1, 0.15) is 11.8 Å². The molecule has 2 heterocycles. The second-order valence-electron chi connectivity index (χ2n) is 8.24. The van der Waals surface area contributed by atoms with E-state index < -0.39 is 0 Å². The van der Waals surface area contributed by atoms with Crippen LogP contribution in [-0.4, -0.2) is 42.0 Å². The van der Waals surface area contributed by atoms with Crippen LogP contribution in [0.4, 0.5) is 5.69 Å². The summed E-state index contributed by atoms with van der Waals surface area (Å²) in [7, 11) is 0. The normalized spacial score (nSPS) is 16.5. The van der Waals surface area contributed by atoms with Crippen molar-refractivity contribution >= 4 is 35.1 Å². The quantitative estimate of drug-likeness (QED) is 0.412. The number of ether oxygens (including phenoxy) is 2. The van der Waals surface area contributed by atoms with Crippen molar-refractivity contribution in [3.63, 3.8) is 0 Å². The van der Waals surface area contributed by atoms with Crippen LogP contribution in [0.1, 0.15) is 43.7 Å². The molecule has 1 saturated heterocycles. The van der Waals surface area contributed by atoms with Gasteiger partial charge in [0.05, 0.1) is 30.5 Å². The molecule has 0 saturated carbocycles. The van der Waals surface area contributed by atoms with Crippen LogP contribution in [0.15, 0.2) is 47.5 Å². The molecule has 0 bridgehead atoms. The van der Waals surface area contributed by atoms with Gasteiger partial charge in [0.15, 0.2) is 0 Å². The first-order chi connectivity index (χ1) is 16.0. The number of rotatable bonds is 10. The van der Waals surface area contributed by atoms with E-state index in [1.807, 2.05) is 47.4 Å². The van der Waals surface area contributed by atoms with E-state index in [0.717, 1.165) is 42.5 Å². The summed E-state index contributed by atoms with van der Waals surface area (Å²) in [5.74, 6) is 0.919. The first-order valence-electron chi connectivity index (χ1n) is 11.3. The predicted octanol–water partition coefficient (Wildman–Crippen LogP) is 4.39. The monoisotopic (exact) mass is 469 g/mol. The summed E-state index contributed by atoms with van der Waals surface area (Å²) in [6.07, 6.45) is 4.31. The minimum atomic E-state index is -0.327. The zero-order valence-electron chi connectivity index (χ0n) is 18.7. The van der Waals surface area contributed by atoms with Crippen LogP contribution in [-0.2, 0) is 27.3 Å². The van der Waals surface area contributed by atoms with Crippen molar-refractivity contribution in [3.05, 3.63) is 58.6 Å². The second-order valence-corrected chi connectivity index (χ2v) is 8.61. The van der Waals surface area contributed by atoms with Crippen molar-refractivity contribution in [2.75, 3.05) is 13.2 Å². The fourth-order valence-corrected chi connectivity index (χ4v) is 4.34. The third-order valence-corrected chi connectivity index (χ3v) is 6.21. The molecule has 1 amide bonds.